The molecule has 0 aliphatic rings. The lowest BCUT2D eigenvalue weighted by molar-refractivity contribution is 0.791. The number of hydrogen-bond donors (Lipinski definition) is 1. The van der Waals surface area contributed by atoms with Gasteiger partial charge in [-0.1, -0.05) is 54.1 Å². The monoisotopic (exact) mass is 343 g/mol. The third-order valence-corrected chi connectivity index (χ3v) is 4.46. The fourth-order valence-electron chi connectivity index (χ4n) is 3.11. The van der Waals surface area contributed by atoms with Gasteiger partial charge in [-0.05, 0) is 32.4 Å². The molecule has 0 fully saturated rings. The second-order valence-electron chi connectivity index (χ2n) is 6.60. The van der Waals surface area contributed by atoms with Crippen LogP contribution in [0.3, 0.4) is 0 Å². The molecule has 0 bridgehead atoms. The van der Waals surface area contributed by atoms with Crippen molar-refractivity contribution in [1.29, 1.82) is 0 Å². The number of aromatic nitrogens is 4. The Balaban J connectivity index is 1.72. The number of rotatable bonds is 4. The standard InChI is InChI=1S/C21H21N5/c1-14-8-10-17(11-9-14)13-22-20-18-6-4-5-7-19(18)21(24-23-20)26-16(3)12-15(2)25-26/h4-12H,13H2,1-3H3,(H,22,23). The minimum absolute atomic E-state index is 0.707. The fraction of sp³-hybridized carbons (Fsp3) is 0.190. The van der Waals surface area contributed by atoms with Crippen LogP contribution in [0.4, 0.5) is 5.82 Å². The van der Waals surface area contributed by atoms with E-state index in [9.17, 15) is 0 Å². The van der Waals surface area contributed by atoms with Crippen molar-refractivity contribution in [2.45, 2.75) is 27.3 Å². The van der Waals surface area contributed by atoms with Crippen molar-refractivity contribution >= 4 is 16.6 Å². The molecule has 2 aromatic carbocycles. The van der Waals surface area contributed by atoms with Crippen LogP contribution in [0.15, 0.2) is 54.6 Å². The SMILES string of the molecule is Cc1ccc(CNc2nnc(-n3nc(C)cc3C)c3ccccc23)cc1. The van der Waals surface area contributed by atoms with Crippen molar-refractivity contribution in [3.05, 3.63) is 77.1 Å². The summed E-state index contributed by atoms with van der Waals surface area (Å²) in [7, 11) is 0. The third kappa shape index (κ3) is 3.04. The van der Waals surface area contributed by atoms with Crippen molar-refractivity contribution in [1.82, 2.24) is 20.0 Å². The van der Waals surface area contributed by atoms with Gasteiger partial charge in [0.15, 0.2) is 11.6 Å². The summed E-state index contributed by atoms with van der Waals surface area (Å²) in [6.07, 6.45) is 0. The van der Waals surface area contributed by atoms with Gasteiger partial charge in [-0.15, -0.1) is 10.2 Å². The summed E-state index contributed by atoms with van der Waals surface area (Å²) in [5, 5.41) is 19.0. The van der Waals surface area contributed by atoms with Gasteiger partial charge in [0.2, 0.25) is 0 Å². The highest BCUT2D eigenvalue weighted by Gasteiger charge is 2.13. The van der Waals surface area contributed by atoms with E-state index in [1.54, 1.807) is 0 Å². The second-order valence-corrected chi connectivity index (χ2v) is 6.60. The molecule has 0 saturated carbocycles. The van der Waals surface area contributed by atoms with E-state index in [-0.39, 0.29) is 0 Å². The minimum atomic E-state index is 0.707. The summed E-state index contributed by atoms with van der Waals surface area (Å²) in [6, 6.07) is 18.7. The Morgan fingerprint density at radius 1 is 0.885 bits per heavy atom. The molecule has 0 amide bonds. The van der Waals surface area contributed by atoms with Gasteiger partial charge in [-0.25, -0.2) is 4.68 Å². The zero-order valence-corrected chi connectivity index (χ0v) is 15.2. The van der Waals surface area contributed by atoms with E-state index in [2.05, 4.69) is 63.9 Å². The van der Waals surface area contributed by atoms with Crippen molar-refractivity contribution in [3.63, 3.8) is 0 Å². The number of benzene rings is 2. The quantitative estimate of drug-likeness (QED) is 0.598. The molecule has 2 aromatic heterocycles. The molecule has 0 saturated heterocycles. The average Bonchev–Trinajstić information content (AvgIpc) is 2.99. The minimum Gasteiger partial charge on any atom is -0.364 e. The highest BCUT2D eigenvalue weighted by atomic mass is 15.4. The molecule has 0 aliphatic carbocycles. The van der Waals surface area contributed by atoms with E-state index in [0.29, 0.717) is 6.54 Å². The van der Waals surface area contributed by atoms with Crippen LogP contribution in [0.25, 0.3) is 16.6 Å². The number of fused-ring (bicyclic) bond motifs is 1. The first kappa shape index (κ1) is 16.3. The molecule has 4 aromatic rings. The molecule has 0 unspecified atom stereocenters. The van der Waals surface area contributed by atoms with Crippen LogP contribution < -0.4 is 5.32 Å². The van der Waals surface area contributed by atoms with Gasteiger partial charge in [-0.2, -0.15) is 5.10 Å². The number of anilines is 1. The number of nitrogens with zero attached hydrogens (tertiary/aromatic N) is 4. The maximum Gasteiger partial charge on any atom is 0.183 e. The lowest BCUT2D eigenvalue weighted by Crippen LogP contribution is -2.08. The van der Waals surface area contributed by atoms with Gasteiger partial charge in [0.25, 0.3) is 0 Å². The van der Waals surface area contributed by atoms with E-state index in [1.165, 1.54) is 11.1 Å². The zero-order valence-electron chi connectivity index (χ0n) is 15.2. The van der Waals surface area contributed by atoms with Gasteiger partial charge in [0.05, 0.1) is 5.69 Å². The fourth-order valence-corrected chi connectivity index (χ4v) is 3.11. The first-order valence-electron chi connectivity index (χ1n) is 8.70. The molecule has 2 heterocycles. The molecule has 0 spiro atoms. The van der Waals surface area contributed by atoms with E-state index >= 15 is 0 Å². The van der Waals surface area contributed by atoms with Crippen LogP contribution in [0, 0.1) is 20.8 Å². The molecule has 130 valence electrons. The predicted octanol–water partition coefficient (Wildman–Crippen LogP) is 4.35. The summed E-state index contributed by atoms with van der Waals surface area (Å²) in [5.74, 6) is 1.54. The van der Waals surface area contributed by atoms with Crippen LogP contribution in [0.5, 0.6) is 0 Å². The maximum atomic E-state index is 4.56. The normalized spacial score (nSPS) is 11.0. The van der Waals surface area contributed by atoms with Crippen LogP contribution in [-0.2, 0) is 6.54 Å². The Labute approximate surface area is 152 Å². The Morgan fingerprint density at radius 3 is 2.31 bits per heavy atom. The Hall–Kier alpha value is -3.21. The van der Waals surface area contributed by atoms with E-state index < -0.39 is 0 Å². The summed E-state index contributed by atoms with van der Waals surface area (Å²) < 4.78 is 1.86. The molecule has 1 N–H and O–H groups in total. The van der Waals surface area contributed by atoms with Crippen LogP contribution in [-0.4, -0.2) is 20.0 Å². The van der Waals surface area contributed by atoms with Crippen molar-refractivity contribution in [2.24, 2.45) is 0 Å². The molecule has 5 nitrogen and oxygen atoms in total. The molecule has 0 aliphatic heterocycles. The Morgan fingerprint density at radius 2 is 1.62 bits per heavy atom. The van der Waals surface area contributed by atoms with Crippen molar-refractivity contribution in [2.75, 3.05) is 5.32 Å². The molecule has 4 rings (SSSR count). The molecular formula is C21H21N5. The summed E-state index contributed by atoms with van der Waals surface area (Å²) >= 11 is 0. The largest absolute Gasteiger partial charge is 0.364 e. The zero-order chi connectivity index (χ0) is 18.1. The molecular weight excluding hydrogens is 322 g/mol. The molecule has 26 heavy (non-hydrogen) atoms. The number of hydrogen-bond acceptors (Lipinski definition) is 4. The molecule has 0 atom stereocenters. The number of aryl methyl sites for hydroxylation is 3. The van der Waals surface area contributed by atoms with Crippen LogP contribution >= 0.6 is 0 Å². The van der Waals surface area contributed by atoms with E-state index in [4.69, 9.17) is 0 Å². The highest BCUT2D eigenvalue weighted by Crippen LogP contribution is 2.26. The molecule has 0 radical (unpaired) electrons. The number of nitrogens with one attached hydrogen (secondary N) is 1. The van der Waals surface area contributed by atoms with Gasteiger partial charge >= 0.3 is 0 Å². The Bertz CT molecular complexity index is 1060. The van der Waals surface area contributed by atoms with E-state index in [0.717, 1.165) is 33.8 Å². The van der Waals surface area contributed by atoms with Gasteiger partial charge in [0.1, 0.15) is 0 Å². The lowest BCUT2D eigenvalue weighted by atomic mass is 10.1. The average molecular weight is 343 g/mol. The maximum absolute atomic E-state index is 4.56. The topological polar surface area (TPSA) is 55.6 Å². The van der Waals surface area contributed by atoms with E-state index in [1.807, 2.05) is 36.7 Å². The van der Waals surface area contributed by atoms with Crippen molar-refractivity contribution < 1.29 is 0 Å². The Kier molecular flexibility index (Phi) is 4.13. The highest BCUT2D eigenvalue weighted by molar-refractivity contribution is 5.95. The lowest BCUT2D eigenvalue weighted by Gasteiger charge is -2.12. The van der Waals surface area contributed by atoms with Crippen LogP contribution in [0.1, 0.15) is 22.5 Å². The third-order valence-electron chi connectivity index (χ3n) is 4.46. The van der Waals surface area contributed by atoms with Crippen molar-refractivity contribution in [3.8, 4) is 5.82 Å². The van der Waals surface area contributed by atoms with Gasteiger partial charge in [-0.3, -0.25) is 0 Å². The summed E-state index contributed by atoms with van der Waals surface area (Å²) in [5.41, 5.74) is 4.48. The molecule has 5 heteroatoms. The summed E-state index contributed by atoms with van der Waals surface area (Å²) in [6.45, 7) is 6.81. The second kappa shape index (κ2) is 6.59. The first-order valence-corrected chi connectivity index (χ1v) is 8.70. The van der Waals surface area contributed by atoms with Gasteiger partial charge < -0.3 is 5.32 Å². The first-order chi connectivity index (χ1) is 12.6. The smallest absolute Gasteiger partial charge is 0.183 e. The van der Waals surface area contributed by atoms with Gasteiger partial charge in [0, 0.05) is 23.0 Å². The predicted molar refractivity (Wildman–Crippen MR) is 105 cm³/mol. The van der Waals surface area contributed by atoms with Crippen LogP contribution in [0.2, 0.25) is 0 Å². The summed E-state index contributed by atoms with van der Waals surface area (Å²) in [4.78, 5) is 0.